The minimum absolute atomic E-state index is 0.160. The molecular formula is C19H22N2O3. The summed E-state index contributed by atoms with van der Waals surface area (Å²) in [5.74, 6) is -0.677. The number of nitrogens with zero attached hydrogens (tertiary/aromatic N) is 2. The number of hydrogen-bond donors (Lipinski definition) is 1. The molecule has 0 aliphatic carbocycles. The first kappa shape index (κ1) is 16.3. The largest absolute Gasteiger partial charge is 0.506 e. The maximum Gasteiger partial charge on any atom is 0.265 e. The Morgan fingerprint density at radius 1 is 1.17 bits per heavy atom. The van der Waals surface area contributed by atoms with Crippen LogP contribution in [-0.2, 0) is 7.05 Å². The predicted octanol–water partition coefficient (Wildman–Crippen LogP) is 2.82. The highest BCUT2D eigenvalue weighted by Crippen LogP contribution is 2.26. The van der Waals surface area contributed by atoms with Gasteiger partial charge in [-0.2, -0.15) is 0 Å². The number of carbonyl (C=O) groups excluding carboxylic acids is 1. The molecule has 1 aromatic heterocycles. The summed E-state index contributed by atoms with van der Waals surface area (Å²) in [6, 6.07) is 7.03. The molecule has 3 rings (SSSR count). The number of benzene rings is 1. The van der Waals surface area contributed by atoms with Crippen LogP contribution < -0.4 is 5.56 Å². The Morgan fingerprint density at radius 2 is 1.83 bits per heavy atom. The standard InChI is InChI=1S/C19H22N2O3/c1-13(21-10-6-3-7-11-21)12-16(22)17-18(23)14-8-4-5-9-15(14)20(2)19(17)24/h4-5,8-9,12,23H,3,6-7,10-11H2,1-2H3/b13-12-. The van der Waals surface area contributed by atoms with E-state index in [1.165, 1.54) is 17.1 Å². The molecule has 24 heavy (non-hydrogen) atoms. The van der Waals surface area contributed by atoms with Crippen molar-refractivity contribution in [1.82, 2.24) is 9.47 Å². The molecule has 5 nitrogen and oxygen atoms in total. The first-order valence-electron chi connectivity index (χ1n) is 8.29. The van der Waals surface area contributed by atoms with Crippen molar-refractivity contribution in [2.75, 3.05) is 13.1 Å². The van der Waals surface area contributed by atoms with Crippen LogP contribution in [0.25, 0.3) is 10.9 Å². The third kappa shape index (κ3) is 2.82. The van der Waals surface area contributed by atoms with Crippen molar-refractivity contribution in [3.63, 3.8) is 0 Å². The maximum atomic E-state index is 12.7. The summed E-state index contributed by atoms with van der Waals surface area (Å²) in [5, 5.41) is 11.0. The molecular weight excluding hydrogens is 304 g/mol. The van der Waals surface area contributed by atoms with Crippen LogP contribution in [0.1, 0.15) is 36.5 Å². The molecule has 0 atom stereocenters. The number of aryl methyl sites for hydroxylation is 1. The fourth-order valence-corrected chi connectivity index (χ4v) is 3.30. The third-order valence-corrected chi connectivity index (χ3v) is 4.72. The number of para-hydroxylation sites is 1. The molecule has 1 aliphatic heterocycles. The fraction of sp³-hybridized carbons (Fsp3) is 0.368. The van der Waals surface area contributed by atoms with Gasteiger partial charge in [-0.25, -0.2) is 0 Å². The zero-order chi connectivity index (χ0) is 17.3. The lowest BCUT2D eigenvalue weighted by atomic mass is 10.1. The van der Waals surface area contributed by atoms with Crippen LogP contribution in [0, 0.1) is 0 Å². The Bertz CT molecular complexity index is 874. The molecule has 2 aromatic rings. The highest BCUT2D eigenvalue weighted by molar-refractivity contribution is 6.09. The molecule has 0 amide bonds. The summed E-state index contributed by atoms with van der Waals surface area (Å²) >= 11 is 0. The number of fused-ring (bicyclic) bond motifs is 1. The van der Waals surface area contributed by atoms with Crippen molar-refractivity contribution in [3.05, 3.63) is 52.0 Å². The molecule has 126 valence electrons. The third-order valence-electron chi connectivity index (χ3n) is 4.72. The van der Waals surface area contributed by atoms with Gasteiger partial charge in [-0.05, 0) is 38.3 Å². The summed E-state index contributed by atoms with van der Waals surface area (Å²) in [4.78, 5) is 27.4. The molecule has 1 aliphatic rings. The van der Waals surface area contributed by atoms with Crippen LogP contribution in [0.5, 0.6) is 5.75 Å². The van der Waals surface area contributed by atoms with Crippen molar-refractivity contribution in [2.45, 2.75) is 26.2 Å². The normalized spacial score (nSPS) is 15.8. The second-order valence-corrected chi connectivity index (χ2v) is 6.30. The highest BCUT2D eigenvalue weighted by atomic mass is 16.3. The lowest BCUT2D eigenvalue weighted by Crippen LogP contribution is -2.29. The molecule has 0 unspecified atom stereocenters. The number of hydrogen-bond acceptors (Lipinski definition) is 4. The van der Waals surface area contributed by atoms with Gasteiger partial charge in [0.2, 0.25) is 0 Å². The average Bonchev–Trinajstić information content (AvgIpc) is 2.60. The van der Waals surface area contributed by atoms with E-state index in [9.17, 15) is 14.7 Å². The Kier molecular flexibility index (Phi) is 4.42. The maximum absolute atomic E-state index is 12.7. The van der Waals surface area contributed by atoms with Crippen LogP contribution in [0.3, 0.4) is 0 Å². The molecule has 5 heteroatoms. The lowest BCUT2D eigenvalue weighted by molar-refractivity contribution is 0.103. The number of aromatic hydroxyl groups is 1. The van der Waals surface area contributed by atoms with Gasteiger partial charge in [0, 0.05) is 37.3 Å². The van der Waals surface area contributed by atoms with Crippen LogP contribution in [0.15, 0.2) is 40.8 Å². The second kappa shape index (κ2) is 6.51. The van der Waals surface area contributed by atoms with Crippen molar-refractivity contribution >= 4 is 16.7 Å². The Hall–Kier alpha value is -2.56. The molecule has 0 radical (unpaired) electrons. The average molecular weight is 326 g/mol. The van der Waals surface area contributed by atoms with Crippen molar-refractivity contribution in [3.8, 4) is 5.75 Å². The van der Waals surface area contributed by atoms with Crippen molar-refractivity contribution in [1.29, 1.82) is 0 Å². The Labute approximate surface area is 140 Å². The zero-order valence-electron chi connectivity index (χ0n) is 14.1. The minimum atomic E-state index is -0.473. The van der Waals surface area contributed by atoms with Crippen molar-refractivity contribution < 1.29 is 9.90 Å². The van der Waals surface area contributed by atoms with E-state index < -0.39 is 11.3 Å². The summed E-state index contributed by atoms with van der Waals surface area (Å²) in [5.41, 5.74) is 0.814. The number of allylic oxidation sites excluding steroid dienone is 2. The smallest absolute Gasteiger partial charge is 0.265 e. The summed E-state index contributed by atoms with van der Waals surface area (Å²) < 4.78 is 1.41. The van der Waals surface area contributed by atoms with Gasteiger partial charge in [-0.3, -0.25) is 9.59 Å². The molecule has 1 N–H and O–H groups in total. The summed E-state index contributed by atoms with van der Waals surface area (Å²) in [6.07, 6.45) is 4.91. The fourth-order valence-electron chi connectivity index (χ4n) is 3.30. The van der Waals surface area contributed by atoms with Gasteiger partial charge in [-0.1, -0.05) is 12.1 Å². The Balaban J connectivity index is 2.05. The number of pyridine rings is 1. The van der Waals surface area contributed by atoms with E-state index in [1.807, 2.05) is 6.92 Å². The molecule has 1 aromatic carbocycles. The van der Waals surface area contributed by atoms with E-state index >= 15 is 0 Å². The minimum Gasteiger partial charge on any atom is -0.506 e. The number of carbonyl (C=O) groups is 1. The van der Waals surface area contributed by atoms with E-state index in [4.69, 9.17) is 0 Å². The summed E-state index contributed by atoms with van der Waals surface area (Å²) in [6.45, 7) is 3.74. The number of ketones is 1. The van der Waals surface area contributed by atoms with E-state index in [0.717, 1.165) is 31.6 Å². The van der Waals surface area contributed by atoms with Gasteiger partial charge in [0.15, 0.2) is 5.78 Å². The van der Waals surface area contributed by atoms with E-state index in [2.05, 4.69) is 4.90 Å². The Morgan fingerprint density at radius 3 is 2.54 bits per heavy atom. The van der Waals surface area contributed by atoms with Crippen LogP contribution in [0.4, 0.5) is 0 Å². The van der Waals surface area contributed by atoms with Crippen LogP contribution >= 0.6 is 0 Å². The number of aromatic nitrogens is 1. The summed E-state index contributed by atoms with van der Waals surface area (Å²) in [7, 11) is 1.61. The van der Waals surface area contributed by atoms with E-state index in [-0.39, 0.29) is 11.3 Å². The molecule has 0 spiro atoms. The van der Waals surface area contributed by atoms with Crippen LogP contribution in [-0.4, -0.2) is 33.4 Å². The van der Waals surface area contributed by atoms with Gasteiger partial charge in [0.05, 0.1) is 5.52 Å². The molecule has 2 heterocycles. The monoisotopic (exact) mass is 326 g/mol. The molecule has 0 bridgehead atoms. The first-order valence-corrected chi connectivity index (χ1v) is 8.29. The highest BCUT2D eigenvalue weighted by Gasteiger charge is 2.20. The number of rotatable bonds is 3. The number of likely N-dealkylation sites (tertiary alicyclic amines) is 1. The van der Waals surface area contributed by atoms with Gasteiger partial charge in [0.25, 0.3) is 5.56 Å². The topological polar surface area (TPSA) is 62.5 Å². The van der Waals surface area contributed by atoms with E-state index in [0.29, 0.717) is 10.9 Å². The van der Waals surface area contributed by atoms with Gasteiger partial charge >= 0.3 is 0 Å². The lowest BCUT2D eigenvalue weighted by Gasteiger charge is -2.29. The van der Waals surface area contributed by atoms with Gasteiger partial charge in [0.1, 0.15) is 11.3 Å². The first-order chi connectivity index (χ1) is 11.5. The molecule has 1 fully saturated rings. The van der Waals surface area contributed by atoms with Crippen molar-refractivity contribution in [2.24, 2.45) is 7.05 Å². The predicted molar refractivity (Wildman–Crippen MR) is 94.4 cm³/mol. The zero-order valence-corrected chi connectivity index (χ0v) is 14.1. The van der Waals surface area contributed by atoms with Gasteiger partial charge < -0.3 is 14.6 Å². The molecule has 0 saturated carbocycles. The second-order valence-electron chi connectivity index (χ2n) is 6.30. The quantitative estimate of drug-likeness (QED) is 0.696. The molecule has 1 saturated heterocycles. The van der Waals surface area contributed by atoms with Gasteiger partial charge in [-0.15, -0.1) is 0 Å². The van der Waals surface area contributed by atoms with E-state index in [1.54, 1.807) is 31.3 Å². The number of piperidine rings is 1. The van der Waals surface area contributed by atoms with Crippen LogP contribution in [0.2, 0.25) is 0 Å². The SMILES string of the molecule is C/C(=C/C(=O)c1c(O)c2ccccc2n(C)c1=O)N1CCCCC1.